The number of amides is 1. The highest BCUT2D eigenvalue weighted by atomic mass is 32.1. The van der Waals surface area contributed by atoms with Crippen LogP contribution in [0.1, 0.15) is 34.1 Å². The molecule has 10 heteroatoms. The molecular weight excluding hydrogens is 445 g/mol. The number of methoxy groups -OCH3 is 1. The van der Waals surface area contributed by atoms with Crippen LogP contribution in [0.25, 0.3) is 0 Å². The molecular formula is C22H19F3N2O4S. The first kappa shape index (κ1) is 23.4. The minimum absolute atomic E-state index is 0.0418. The number of carbonyl (C=O) groups is 2. The smallest absolute Gasteiger partial charge is 0.416 e. The van der Waals surface area contributed by atoms with Crippen molar-refractivity contribution < 1.29 is 32.2 Å². The van der Waals surface area contributed by atoms with Gasteiger partial charge in [-0.25, -0.2) is 9.78 Å². The Labute approximate surface area is 186 Å². The Bertz CT molecular complexity index is 1110. The standard InChI is InChI=1S/C22H19F3N2O4S/c1-14(28)27(19-8-4-7-17(10-19)22(23,24)25)21-26-18(13-32-21)12-31-20(29)16-6-3-5-15(9-16)11-30-2/h3-10,13H,11-12H2,1-2H3. The van der Waals surface area contributed by atoms with Crippen LogP contribution >= 0.6 is 11.3 Å². The van der Waals surface area contributed by atoms with Gasteiger partial charge in [0.15, 0.2) is 5.13 Å². The van der Waals surface area contributed by atoms with E-state index in [-0.39, 0.29) is 17.4 Å². The SMILES string of the molecule is COCc1cccc(C(=O)OCc2csc(N(C(C)=O)c3cccc(C(F)(F)F)c3)n2)c1. The van der Waals surface area contributed by atoms with Crippen LogP contribution < -0.4 is 4.90 Å². The summed E-state index contributed by atoms with van der Waals surface area (Å²) in [6.07, 6.45) is -4.54. The number of thiazole rings is 1. The Morgan fingerprint density at radius 1 is 1.09 bits per heavy atom. The number of rotatable bonds is 7. The van der Waals surface area contributed by atoms with Crippen molar-refractivity contribution in [1.82, 2.24) is 4.98 Å². The molecule has 1 heterocycles. The fourth-order valence-corrected chi connectivity index (χ4v) is 3.76. The maximum absolute atomic E-state index is 13.1. The molecule has 1 amide bonds. The summed E-state index contributed by atoms with van der Waals surface area (Å²) in [6, 6.07) is 11.2. The summed E-state index contributed by atoms with van der Waals surface area (Å²) in [5, 5.41) is 1.75. The molecule has 168 valence electrons. The number of esters is 1. The van der Waals surface area contributed by atoms with Gasteiger partial charge in [0.05, 0.1) is 29.1 Å². The molecule has 0 N–H and O–H groups in total. The largest absolute Gasteiger partial charge is 0.456 e. The van der Waals surface area contributed by atoms with E-state index in [1.54, 1.807) is 30.7 Å². The van der Waals surface area contributed by atoms with E-state index in [0.29, 0.717) is 17.9 Å². The van der Waals surface area contributed by atoms with Gasteiger partial charge in [-0.2, -0.15) is 13.2 Å². The fourth-order valence-electron chi connectivity index (χ4n) is 2.89. The molecule has 0 radical (unpaired) electrons. The van der Waals surface area contributed by atoms with Crippen molar-refractivity contribution in [3.8, 4) is 0 Å². The minimum Gasteiger partial charge on any atom is -0.456 e. The molecule has 0 fully saturated rings. The molecule has 0 aliphatic rings. The van der Waals surface area contributed by atoms with Gasteiger partial charge in [0.25, 0.3) is 0 Å². The summed E-state index contributed by atoms with van der Waals surface area (Å²) in [4.78, 5) is 29.8. The molecule has 0 atom stereocenters. The average molecular weight is 464 g/mol. The van der Waals surface area contributed by atoms with Crippen molar-refractivity contribution in [2.45, 2.75) is 26.3 Å². The van der Waals surface area contributed by atoms with E-state index in [2.05, 4.69) is 4.98 Å². The zero-order chi connectivity index (χ0) is 23.3. The lowest BCUT2D eigenvalue weighted by molar-refractivity contribution is -0.137. The van der Waals surface area contributed by atoms with Crippen molar-refractivity contribution >= 4 is 34.0 Å². The van der Waals surface area contributed by atoms with Crippen molar-refractivity contribution in [3.05, 3.63) is 76.3 Å². The molecule has 3 rings (SSSR count). The highest BCUT2D eigenvalue weighted by Gasteiger charge is 2.31. The number of hydrogen-bond acceptors (Lipinski definition) is 6. The van der Waals surface area contributed by atoms with Gasteiger partial charge in [0, 0.05) is 19.4 Å². The molecule has 0 saturated heterocycles. The van der Waals surface area contributed by atoms with Crippen LogP contribution in [0.2, 0.25) is 0 Å². The minimum atomic E-state index is -4.54. The summed E-state index contributed by atoms with van der Waals surface area (Å²) in [5.41, 5.74) is 0.702. The first-order valence-electron chi connectivity index (χ1n) is 9.36. The maximum atomic E-state index is 13.1. The predicted octanol–water partition coefficient (Wildman–Crippen LogP) is 5.35. The van der Waals surface area contributed by atoms with E-state index >= 15 is 0 Å². The lowest BCUT2D eigenvalue weighted by Crippen LogP contribution is -2.23. The number of anilines is 2. The van der Waals surface area contributed by atoms with E-state index in [1.165, 1.54) is 19.1 Å². The lowest BCUT2D eigenvalue weighted by Gasteiger charge is -2.19. The van der Waals surface area contributed by atoms with Crippen LogP contribution in [0.4, 0.5) is 24.0 Å². The molecule has 0 aliphatic carbocycles. The van der Waals surface area contributed by atoms with Crippen molar-refractivity contribution in [1.29, 1.82) is 0 Å². The molecule has 0 aliphatic heterocycles. The average Bonchev–Trinajstić information content (AvgIpc) is 3.20. The molecule has 3 aromatic rings. The highest BCUT2D eigenvalue weighted by Crippen LogP contribution is 2.35. The lowest BCUT2D eigenvalue weighted by atomic mass is 10.1. The Morgan fingerprint density at radius 3 is 2.53 bits per heavy atom. The zero-order valence-corrected chi connectivity index (χ0v) is 18.0. The third-order valence-corrected chi connectivity index (χ3v) is 5.18. The number of alkyl halides is 3. The van der Waals surface area contributed by atoms with Crippen LogP contribution in [0.5, 0.6) is 0 Å². The third-order valence-electron chi connectivity index (χ3n) is 4.30. The van der Waals surface area contributed by atoms with Crippen LogP contribution in [-0.2, 0) is 33.7 Å². The van der Waals surface area contributed by atoms with E-state index in [9.17, 15) is 22.8 Å². The summed E-state index contributed by atoms with van der Waals surface area (Å²) in [6.45, 7) is 1.43. The Hall–Kier alpha value is -3.24. The van der Waals surface area contributed by atoms with Gasteiger partial charge >= 0.3 is 12.1 Å². The highest BCUT2D eigenvalue weighted by molar-refractivity contribution is 7.14. The van der Waals surface area contributed by atoms with Crippen LogP contribution in [0.3, 0.4) is 0 Å². The molecule has 0 unspecified atom stereocenters. The van der Waals surface area contributed by atoms with Gasteiger partial charge in [-0.05, 0) is 35.9 Å². The van der Waals surface area contributed by atoms with Gasteiger partial charge in [0.1, 0.15) is 6.61 Å². The second kappa shape index (κ2) is 9.92. The van der Waals surface area contributed by atoms with Gasteiger partial charge < -0.3 is 9.47 Å². The first-order chi connectivity index (χ1) is 15.2. The fraction of sp³-hybridized carbons (Fsp3) is 0.227. The number of carbonyl (C=O) groups excluding carboxylic acids is 2. The molecule has 0 spiro atoms. The summed E-state index contributed by atoms with van der Waals surface area (Å²) in [5.74, 6) is -1.06. The summed E-state index contributed by atoms with van der Waals surface area (Å²) in [7, 11) is 1.55. The molecule has 32 heavy (non-hydrogen) atoms. The number of aromatic nitrogens is 1. The topological polar surface area (TPSA) is 68.7 Å². The van der Waals surface area contributed by atoms with Crippen molar-refractivity contribution in [3.63, 3.8) is 0 Å². The van der Waals surface area contributed by atoms with E-state index in [1.807, 2.05) is 6.07 Å². The van der Waals surface area contributed by atoms with Crippen molar-refractivity contribution in [2.75, 3.05) is 12.0 Å². The number of benzene rings is 2. The van der Waals surface area contributed by atoms with Gasteiger partial charge in [-0.3, -0.25) is 9.69 Å². The van der Waals surface area contributed by atoms with Gasteiger partial charge in [-0.1, -0.05) is 18.2 Å². The molecule has 0 bridgehead atoms. The van der Waals surface area contributed by atoms with Gasteiger partial charge in [0.2, 0.25) is 5.91 Å². The predicted molar refractivity (Wildman–Crippen MR) is 113 cm³/mol. The monoisotopic (exact) mass is 464 g/mol. The molecule has 2 aromatic carbocycles. The zero-order valence-electron chi connectivity index (χ0n) is 17.2. The Balaban J connectivity index is 1.74. The van der Waals surface area contributed by atoms with E-state index in [0.717, 1.165) is 33.9 Å². The second-order valence-corrected chi connectivity index (χ2v) is 7.57. The van der Waals surface area contributed by atoms with Crippen LogP contribution in [0.15, 0.2) is 53.9 Å². The number of nitrogens with zero attached hydrogens (tertiary/aromatic N) is 2. The first-order valence-corrected chi connectivity index (χ1v) is 10.2. The molecule has 0 saturated carbocycles. The Morgan fingerprint density at radius 2 is 1.84 bits per heavy atom. The Kier molecular flexibility index (Phi) is 7.26. The summed E-state index contributed by atoms with van der Waals surface area (Å²) >= 11 is 1.06. The molecule has 6 nitrogen and oxygen atoms in total. The number of hydrogen-bond donors (Lipinski definition) is 0. The van der Waals surface area contributed by atoms with Crippen molar-refractivity contribution in [2.24, 2.45) is 0 Å². The van der Waals surface area contributed by atoms with E-state index in [4.69, 9.17) is 9.47 Å². The number of halogens is 3. The van der Waals surface area contributed by atoms with Crippen LogP contribution in [0, 0.1) is 0 Å². The quantitative estimate of drug-likeness (QED) is 0.441. The molecule has 1 aromatic heterocycles. The third kappa shape index (κ3) is 5.71. The second-order valence-electron chi connectivity index (χ2n) is 6.73. The number of ether oxygens (including phenoxy) is 2. The van der Waals surface area contributed by atoms with Crippen LogP contribution in [-0.4, -0.2) is 24.0 Å². The van der Waals surface area contributed by atoms with Gasteiger partial charge in [-0.15, -0.1) is 11.3 Å². The normalized spacial score (nSPS) is 11.3. The van der Waals surface area contributed by atoms with E-state index < -0.39 is 23.6 Å². The maximum Gasteiger partial charge on any atom is 0.416 e. The summed E-state index contributed by atoms with van der Waals surface area (Å²) < 4.78 is 49.5.